The van der Waals surface area contributed by atoms with Gasteiger partial charge in [0, 0.05) is 49.8 Å². The third-order valence-electron chi connectivity index (χ3n) is 6.09. The zero-order valence-electron chi connectivity index (χ0n) is 18.5. The predicted octanol–water partition coefficient (Wildman–Crippen LogP) is 3.20. The van der Waals surface area contributed by atoms with Crippen LogP contribution in [0, 0.1) is 5.92 Å². The quantitative estimate of drug-likeness (QED) is 0.487. The third-order valence-corrected chi connectivity index (χ3v) is 7.06. The molecular weight excluding hydrogens is 406 g/mol. The molecule has 0 saturated carbocycles. The highest BCUT2D eigenvalue weighted by molar-refractivity contribution is 7.10. The van der Waals surface area contributed by atoms with Crippen molar-refractivity contribution in [3.63, 3.8) is 0 Å². The molecule has 31 heavy (non-hydrogen) atoms. The van der Waals surface area contributed by atoms with Gasteiger partial charge in [-0.25, -0.2) is 0 Å². The van der Waals surface area contributed by atoms with E-state index in [0.29, 0.717) is 12.0 Å². The number of nitrogens with one attached hydrogen (secondary N) is 2. The van der Waals surface area contributed by atoms with E-state index < -0.39 is 0 Å². The van der Waals surface area contributed by atoms with Crippen LogP contribution in [0.4, 0.5) is 5.69 Å². The number of nitrogens with zero attached hydrogens (tertiary/aromatic N) is 3. The summed E-state index contributed by atoms with van der Waals surface area (Å²) in [7, 11) is 0. The SMILES string of the molecule is CCNC(=NCC(c1cccs1)N1CCOCC1)NCC1CCN(c2ccccc2)C1. The molecule has 0 bridgehead atoms. The van der Waals surface area contributed by atoms with Gasteiger partial charge in [-0.1, -0.05) is 24.3 Å². The molecule has 2 aliphatic rings. The molecule has 2 atom stereocenters. The van der Waals surface area contributed by atoms with E-state index in [4.69, 9.17) is 9.73 Å². The van der Waals surface area contributed by atoms with Crippen LogP contribution < -0.4 is 15.5 Å². The number of thiophene rings is 1. The molecule has 6 nitrogen and oxygen atoms in total. The summed E-state index contributed by atoms with van der Waals surface area (Å²) in [6.45, 7) is 10.5. The van der Waals surface area contributed by atoms with Crippen molar-refractivity contribution < 1.29 is 4.74 Å². The first kappa shape index (κ1) is 22.1. The number of rotatable bonds is 8. The lowest BCUT2D eigenvalue weighted by molar-refractivity contribution is 0.0186. The number of aliphatic imine (C=N–C) groups is 1. The van der Waals surface area contributed by atoms with Crippen LogP contribution in [-0.4, -0.2) is 69.9 Å². The molecule has 3 heterocycles. The van der Waals surface area contributed by atoms with Crippen molar-refractivity contribution in [2.24, 2.45) is 10.9 Å². The average molecular weight is 442 g/mol. The van der Waals surface area contributed by atoms with Crippen LogP contribution in [0.1, 0.15) is 24.3 Å². The Bertz CT molecular complexity index is 792. The molecule has 7 heteroatoms. The molecule has 4 rings (SSSR count). The van der Waals surface area contributed by atoms with Gasteiger partial charge in [0.25, 0.3) is 0 Å². The smallest absolute Gasteiger partial charge is 0.191 e. The van der Waals surface area contributed by atoms with Crippen LogP contribution in [0.15, 0.2) is 52.8 Å². The summed E-state index contributed by atoms with van der Waals surface area (Å²) in [5.74, 6) is 1.56. The van der Waals surface area contributed by atoms with Crippen molar-refractivity contribution in [2.75, 3.05) is 63.9 Å². The molecule has 2 aromatic rings. The molecule has 0 radical (unpaired) electrons. The minimum Gasteiger partial charge on any atom is -0.379 e. The standard InChI is InChI=1S/C24H35N5OS/c1-2-25-24(26-17-20-10-11-29(19-20)21-7-4-3-5-8-21)27-18-22(23-9-6-16-31-23)28-12-14-30-15-13-28/h3-9,16,20,22H,2,10-15,17-19H2,1H3,(H2,25,26,27). The molecule has 0 spiro atoms. The minimum atomic E-state index is 0.319. The van der Waals surface area contributed by atoms with E-state index in [9.17, 15) is 0 Å². The average Bonchev–Trinajstić information content (AvgIpc) is 3.52. The van der Waals surface area contributed by atoms with Gasteiger partial charge in [0.1, 0.15) is 0 Å². The summed E-state index contributed by atoms with van der Waals surface area (Å²) in [4.78, 5) is 11.4. The lowest BCUT2D eigenvalue weighted by Crippen LogP contribution is -2.42. The van der Waals surface area contributed by atoms with Crippen LogP contribution in [0.3, 0.4) is 0 Å². The zero-order valence-corrected chi connectivity index (χ0v) is 19.3. The molecule has 2 unspecified atom stereocenters. The molecule has 0 amide bonds. The first-order valence-corrected chi connectivity index (χ1v) is 12.4. The van der Waals surface area contributed by atoms with Crippen molar-refractivity contribution in [1.82, 2.24) is 15.5 Å². The number of anilines is 1. The molecule has 1 aromatic heterocycles. The van der Waals surface area contributed by atoms with Crippen molar-refractivity contribution >= 4 is 23.0 Å². The summed E-state index contributed by atoms with van der Waals surface area (Å²) in [6, 6.07) is 15.4. The van der Waals surface area contributed by atoms with Crippen molar-refractivity contribution in [2.45, 2.75) is 19.4 Å². The maximum atomic E-state index is 5.56. The molecule has 0 aliphatic carbocycles. The second-order valence-corrected chi connectivity index (χ2v) is 9.20. The highest BCUT2D eigenvalue weighted by Crippen LogP contribution is 2.26. The molecule has 1 aromatic carbocycles. The molecule has 2 fully saturated rings. The zero-order chi connectivity index (χ0) is 21.3. The molecule has 2 aliphatic heterocycles. The summed E-state index contributed by atoms with van der Waals surface area (Å²) in [6.07, 6.45) is 1.22. The van der Waals surface area contributed by atoms with Gasteiger partial charge in [-0.3, -0.25) is 9.89 Å². The second-order valence-electron chi connectivity index (χ2n) is 8.22. The van der Waals surface area contributed by atoms with Gasteiger partial charge in [-0.05, 0) is 42.8 Å². The normalized spacial score (nSPS) is 21.3. The van der Waals surface area contributed by atoms with Crippen LogP contribution in [-0.2, 0) is 4.74 Å². The van der Waals surface area contributed by atoms with Crippen LogP contribution >= 0.6 is 11.3 Å². The van der Waals surface area contributed by atoms with E-state index >= 15 is 0 Å². The Kier molecular flexibility index (Phi) is 8.21. The maximum absolute atomic E-state index is 5.56. The van der Waals surface area contributed by atoms with Gasteiger partial charge in [0.15, 0.2) is 5.96 Å². The van der Waals surface area contributed by atoms with Crippen LogP contribution in [0.2, 0.25) is 0 Å². The lowest BCUT2D eigenvalue weighted by atomic mass is 10.1. The van der Waals surface area contributed by atoms with Gasteiger partial charge in [-0.2, -0.15) is 0 Å². The highest BCUT2D eigenvalue weighted by Gasteiger charge is 2.24. The van der Waals surface area contributed by atoms with E-state index in [-0.39, 0.29) is 0 Å². The summed E-state index contributed by atoms with van der Waals surface area (Å²) in [5.41, 5.74) is 1.33. The number of guanidine groups is 1. The highest BCUT2D eigenvalue weighted by atomic mass is 32.1. The summed E-state index contributed by atoms with van der Waals surface area (Å²) < 4.78 is 5.56. The Labute approximate surface area is 190 Å². The fourth-order valence-corrected chi connectivity index (χ4v) is 5.24. The van der Waals surface area contributed by atoms with Crippen molar-refractivity contribution in [3.8, 4) is 0 Å². The monoisotopic (exact) mass is 441 g/mol. The summed E-state index contributed by atoms with van der Waals surface area (Å²) >= 11 is 1.82. The number of morpholine rings is 1. The van der Waals surface area contributed by atoms with Gasteiger partial charge >= 0.3 is 0 Å². The lowest BCUT2D eigenvalue weighted by Gasteiger charge is -2.33. The van der Waals surface area contributed by atoms with E-state index in [1.807, 2.05) is 11.3 Å². The Hall–Kier alpha value is -2.09. The molecule has 2 saturated heterocycles. The Balaban J connectivity index is 1.34. The van der Waals surface area contributed by atoms with E-state index in [2.05, 4.69) is 75.2 Å². The number of ether oxygens (including phenoxy) is 1. The number of hydrogen-bond donors (Lipinski definition) is 2. The van der Waals surface area contributed by atoms with E-state index in [0.717, 1.165) is 65.0 Å². The predicted molar refractivity (Wildman–Crippen MR) is 130 cm³/mol. The first-order valence-electron chi connectivity index (χ1n) is 11.5. The van der Waals surface area contributed by atoms with E-state index in [1.165, 1.54) is 17.0 Å². The minimum absolute atomic E-state index is 0.319. The van der Waals surface area contributed by atoms with Crippen LogP contribution in [0.25, 0.3) is 0 Å². The Morgan fingerprint density at radius 1 is 1.13 bits per heavy atom. The Morgan fingerprint density at radius 2 is 1.97 bits per heavy atom. The van der Waals surface area contributed by atoms with Gasteiger partial charge < -0.3 is 20.3 Å². The largest absolute Gasteiger partial charge is 0.379 e. The van der Waals surface area contributed by atoms with Crippen molar-refractivity contribution in [3.05, 3.63) is 52.7 Å². The van der Waals surface area contributed by atoms with E-state index in [1.54, 1.807) is 0 Å². The van der Waals surface area contributed by atoms with Crippen molar-refractivity contribution in [1.29, 1.82) is 0 Å². The molecular formula is C24H35N5OS. The fourth-order valence-electron chi connectivity index (χ4n) is 4.39. The van der Waals surface area contributed by atoms with Crippen LogP contribution in [0.5, 0.6) is 0 Å². The number of benzene rings is 1. The maximum Gasteiger partial charge on any atom is 0.191 e. The Morgan fingerprint density at radius 3 is 2.71 bits per heavy atom. The fraction of sp³-hybridized carbons (Fsp3) is 0.542. The van der Waals surface area contributed by atoms with Gasteiger partial charge in [0.2, 0.25) is 0 Å². The topological polar surface area (TPSA) is 52.1 Å². The first-order chi connectivity index (χ1) is 15.3. The molecule has 168 valence electrons. The van der Waals surface area contributed by atoms with Gasteiger partial charge in [-0.15, -0.1) is 11.3 Å². The second kappa shape index (κ2) is 11.5. The molecule has 2 N–H and O–H groups in total. The van der Waals surface area contributed by atoms with Gasteiger partial charge in [0.05, 0.1) is 25.8 Å². The number of para-hydroxylation sites is 1. The summed E-state index contributed by atoms with van der Waals surface area (Å²) in [5, 5.41) is 9.21. The number of hydrogen-bond acceptors (Lipinski definition) is 5. The third kappa shape index (κ3) is 6.21.